The number of nitrogens with one attached hydrogen (secondary N) is 2. The second-order valence-corrected chi connectivity index (χ2v) is 10.5. The Morgan fingerprint density at radius 1 is 1.24 bits per heavy atom. The van der Waals surface area contributed by atoms with Crippen LogP contribution in [0.4, 0.5) is 5.69 Å². The maximum atomic E-state index is 11.8. The maximum Gasteiger partial charge on any atom is 0.337 e. The van der Waals surface area contributed by atoms with Gasteiger partial charge in [-0.25, -0.2) is 4.79 Å². The molecule has 182 valence electrons. The van der Waals surface area contributed by atoms with Crippen LogP contribution in [0.25, 0.3) is 0 Å². The number of hydrogen-bond donors (Lipinski definition) is 2. The molecule has 0 spiro atoms. The number of methoxy groups -OCH3 is 1. The Morgan fingerprint density at radius 3 is 2.79 bits per heavy atom. The van der Waals surface area contributed by atoms with E-state index in [1.165, 1.54) is 57.0 Å². The molecule has 4 heterocycles. The number of fused-ring (bicyclic) bond motifs is 3. The van der Waals surface area contributed by atoms with Gasteiger partial charge in [-0.1, -0.05) is 18.9 Å². The fourth-order valence-corrected chi connectivity index (χ4v) is 6.39. The van der Waals surface area contributed by atoms with Crippen molar-refractivity contribution in [3.63, 3.8) is 0 Å². The van der Waals surface area contributed by atoms with Crippen LogP contribution in [0.5, 0.6) is 0 Å². The molecule has 2 aromatic rings. The van der Waals surface area contributed by atoms with Gasteiger partial charge in [0.1, 0.15) is 0 Å². The number of benzene rings is 1. The molecule has 8 heteroatoms. The van der Waals surface area contributed by atoms with Gasteiger partial charge in [0.05, 0.1) is 18.4 Å². The molecule has 1 aromatic carbocycles. The van der Waals surface area contributed by atoms with Crippen LogP contribution in [0.2, 0.25) is 0 Å². The lowest BCUT2D eigenvalue weighted by Crippen LogP contribution is -2.56. The molecular weight excluding hydrogens is 446 g/mol. The fraction of sp³-hybridized carbons (Fsp3) is 0.577. The number of hydrogen-bond acceptors (Lipinski definition) is 5. The average molecular weight is 482 g/mol. The molecule has 4 atom stereocenters. The highest BCUT2D eigenvalue weighted by molar-refractivity contribution is 7.80. The number of carbonyl (C=O) groups is 1. The van der Waals surface area contributed by atoms with Crippen molar-refractivity contribution >= 4 is 29.0 Å². The monoisotopic (exact) mass is 481 g/mol. The number of rotatable bonds is 6. The Morgan fingerprint density at radius 2 is 2.06 bits per heavy atom. The van der Waals surface area contributed by atoms with Crippen molar-refractivity contribution in [2.45, 2.75) is 56.4 Å². The third kappa shape index (κ3) is 4.84. The molecule has 7 nitrogen and oxygen atoms in total. The zero-order valence-electron chi connectivity index (χ0n) is 20.1. The van der Waals surface area contributed by atoms with E-state index in [1.807, 2.05) is 12.1 Å². The molecule has 34 heavy (non-hydrogen) atoms. The minimum atomic E-state index is -0.355. The van der Waals surface area contributed by atoms with E-state index < -0.39 is 0 Å². The first kappa shape index (κ1) is 23.3. The van der Waals surface area contributed by atoms with Gasteiger partial charge in [-0.3, -0.25) is 9.58 Å². The number of ether oxygens (including phenoxy) is 1. The summed E-state index contributed by atoms with van der Waals surface area (Å²) < 4.78 is 6.96. The van der Waals surface area contributed by atoms with Crippen LogP contribution in [-0.2, 0) is 11.8 Å². The minimum Gasteiger partial charge on any atom is -0.465 e. The lowest BCUT2D eigenvalue weighted by Gasteiger charge is -2.50. The normalized spacial score (nSPS) is 26.4. The van der Waals surface area contributed by atoms with Crippen LogP contribution < -0.4 is 10.6 Å². The van der Waals surface area contributed by atoms with E-state index in [0.717, 1.165) is 25.3 Å². The fourth-order valence-electron chi connectivity index (χ4n) is 6.19. The van der Waals surface area contributed by atoms with E-state index in [4.69, 9.17) is 22.1 Å². The topological polar surface area (TPSA) is 71.4 Å². The van der Waals surface area contributed by atoms with Crippen LogP contribution in [0.1, 0.15) is 72.1 Å². The molecule has 2 N–H and O–H groups in total. The number of aryl methyl sites for hydroxylation is 1. The summed E-state index contributed by atoms with van der Waals surface area (Å²) in [5, 5.41) is 12.1. The first-order chi connectivity index (χ1) is 16.5. The number of carbonyl (C=O) groups excluding carboxylic acids is 1. The van der Waals surface area contributed by atoms with Crippen LogP contribution >= 0.6 is 12.2 Å². The highest BCUT2D eigenvalue weighted by atomic mass is 32.1. The van der Waals surface area contributed by atoms with Crippen molar-refractivity contribution in [3.8, 4) is 0 Å². The number of anilines is 1. The second-order valence-electron chi connectivity index (χ2n) is 10.0. The molecule has 6 rings (SSSR count). The Kier molecular flexibility index (Phi) is 6.88. The molecule has 1 aromatic heterocycles. The van der Waals surface area contributed by atoms with Crippen molar-refractivity contribution in [1.82, 2.24) is 20.0 Å². The van der Waals surface area contributed by atoms with Gasteiger partial charge < -0.3 is 15.4 Å². The summed E-state index contributed by atoms with van der Waals surface area (Å²) >= 11 is 5.53. The summed E-state index contributed by atoms with van der Waals surface area (Å²) in [5.41, 5.74) is 4.02. The lowest BCUT2D eigenvalue weighted by atomic mass is 9.74. The van der Waals surface area contributed by atoms with Crippen LogP contribution in [0.3, 0.4) is 0 Å². The first-order valence-electron chi connectivity index (χ1n) is 12.5. The molecule has 1 aliphatic carbocycles. The molecule has 0 amide bonds. The number of nitrogens with zero attached hydrogens (tertiary/aromatic N) is 3. The Hall–Kier alpha value is -2.45. The summed E-state index contributed by atoms with van der Waals surface area (Å²) in [6, 6.07) is 10.1. The van der Waals surface area contributed by atoms with Crippen molar-refractivity contribution < 1.29 is 9.53 Å². The van der Waals surface area contributed by atoms with E-state index in [1.54, 1.807) is 12.1 Å². The molecule has 4 aliphatic rings. The highest BCUT2D eigenvalue weighted by Gasteiger charge is 2.42. The van der Waals surface area contributed by atoms with Gasteiger partial charge in [0.25, 0.3) is 0 Å². The third-order valence-corrected chi connectivity index (χ3v) is 8.25. The summed E-state index contributed by atoms with van der Waals surface area (Å²) in [6.07, 6.45) is 7.73. The van der Waals surface area contributed by atoms with Gasteiger partial charge in [0.2, 0.25) is 0 Å². The van der Waals surface area contributed by atoms with Crippen molar-refractivity contribution in [2.24, 2.45) is 13.0 Å². The largest absolute Gasteiger partial charge is 0.465 e. The van der Waals surface area contributed by atoms with Gasteiger partial charge in [-0.05, 0) is 74.6 Å². The molecule has 2 bridgehead atoms. The zero-order chi connectivity index (χ0) is 23.7. The number of piperidine rings is 3. The maximum absolute atomic E-state index is 11.8. The molecule has 3 saturated heterocycles. The summed E-state index contributed by atoms with van der Waals surface area (Å²) in [4.78, 5) is 14.4. The predicted molar refractivity (Wildman–Crippen MR) is 137 cm³/mol. The Labute approximate surface area is 207 Å². The van der Waals surface area contributed by atoms with E-state index in [-0.39, 0.29) is 5.97 Å². The highest BCUT2D eigenvalue weighted by Crippen LogP contribution is 2.43. The van der Waals surface area contributed by atoms with Crippen molar-refractivity contribution in [2.75, 3.05) is 32.1 Å². The zero-order valence-corrected chi connectivity index (χ0v) is 20.9. The molecule has 4 fully saturated rings. The molecular formula is C26H35N5O2S. The van der Waals surface area contributed by atoms with Gasteiger partial charge in [-0.2, -0.15) is 5.10 Å². The Balaban J connectivity index is 1.16. The van der Waals surface area contributed by atoms with Crippen molar-refractivity contribution in [1.29, 1.82) is 0 Å². The molecule has 0 radical (unpaired) electrons. The smallest absolute Gasteiger partial charge is 0.337 e. The summed E-state index contributed by atoms with van der Waals surface area (Å²) in [6.45, 7) is 3.08. The predicted octanol–water partition coefficient (Wildman–Crippen LogP) is 4.03. The SMILES string of the molecule is COC(=O)c1cccc(NC(=S)NCC2CC3CCN2CC3c2cc(C3CCCC3)nn2C)c1. The van der Waals surface area contributed by atoms with Gasteiger partial charge in [0, 0.05) is 49.4 Å². The van der Waals surface area contributed by atoms with E-state index >= 15 is 0 Å². The van der Waals surface area contributed by atoms with Crippen molar-refractivity contribution in [3.05, 3.63) is 47.3 Å². The standard InChI is InChI=1S/C26H35N5O2S/c1-30-24(14-23(29-30)17-6-3-4-7-17)22-16-31-11-10-18(22)13-21(31)15-27-26(34)28-20-9-5-8-19(12-20)25(32)33-2/h5,8-9,12,14,17-18,21-22H,3-4,6-7,10-11,13,15-16H2,1-2H3,(H2,27,28,34). The van der Waals surface area contributed by atoms with Crippen LogP contribution in [0.15, 0.2) is 30.3 Å². The Bertz CT molecular complexity index is 1050. The van der Waals surface area contributed by atoms with Crippen LogP contribution in [-0.4, -0.2) is 58.5 Å². The van der Waals surface area contributed by atoms with E-state index in [0.29, 0.717) is 34.5 Å². The number of thiocarbonyl (C=S) groups is 1. The molecule has 1 saturated carbocycles. The summed E-state index contributed by atoms with van der Waals surface area (Å²) in [7, 11) is 3.51. The van der Waals surface area contributed by atoms with Gasteiger partial charge in [0.15, 0.2) is 5.11 Å². The first-order valence-corrected chi connectivity index (χ1v) is 12.9. The quantitative estimate of drug-likeness (QED) is 0.477. The second kappa shape index (κ2) is 10.0. The minimum absolute atomic E-state index is 0.355. The average Bonchev–Trinajstić information content (AvgIpc) is 3.52. The van der Waals surface area contributed by atoms with Gasteiger partial charge in [-0.15, -0.1) is 0 Å². The van der Waals surface area contributed by atoms with Gasteiger partial charge >= 0.3 is 5.97 Å². The third-order valence-electron chi connectivity index (χ3n) is 8.01. The van der Waals surface area contributed by atoms with E-state index in [2.05, 4.69) is 33.3 Å². The molecule has 3 aliphatic heterocycles. The number of esters is 1. The van der Waals surface area contributed by atoms with Crippen LogP contribution in [0, 0.1) is 5.92 Å². The van der Waals surface area contributed by atoms with E-state index in [9.17, 15) is 4.79 Å². The lowest BCUT2D eigenvalue weighted by molar-refractivity contribution is 0.0303. The summed E-state index contributed by atoms with van der Waals surface area (Å²) in [5.74, 6) is 1.58. The number of aromatic nitrogens is 2. The molecule has 4 unspecified atom stereocenters.